The number of aryl methyl sites for hydroxylation is 1. The van der Waals surface area contributed by atoms with Gasteiger partial charge in [-0.2, -0.15) is 0 Å². The van der Waals surface area contributed by atoms with Crippen molar-refractivity contribution in [3.8, 4) is 0 Å². The Morgan fingerprint density at radius 1 is 1.43 bits per heavy atom. The standard InChI is InChI=1S/C13H12ClN3O4/c1-7-5-10(21-17-7)13(19)20-8(2)12(18)16-11-4-3-9(14)6-15-11/h3-6,8H,1-2H3,(H,15,16,18)/t8-/m0/s1. The molecule has 0 aliphatic heterocycles. The van der Waals surface area contributed by atoms with Crippen LogP contribution in [0.1, 0.15) is 23.2 Å². The van der Waals surface area contributed by atoms with E-state index in [0.717, 1.165) is 0 Å². The fourth-order valence-corrected chi connectivity index (χ4v) is 1.52. The Hall–Kier alpha value is -2.41. The zero-order valence-electron chi connectivity index (χ0n) is 11.3. The average Bonchev–Trinajstić information content (AvgIpc) is 2.88. The number of nitrogens with one attached hydrogen (secondary N) is 1. The van der Waals surface area contributed by atoms with Gasteiger partial charge in [0.15, 0.2) is 6.10 Å². The maximum atomic E-state index is 11.9. The van der Waals surface area contributed by atoms with Crippen molar-refractivity contribution in [2.75, 3.05) is 5.32 Å². The second-order valence-corrected chi connectivity index (χ2v) is 4.67. The van der Waals surface area contributed by atoms with Gasteiger partial charge in [0.25, 0.3) is 5.91 Å². The fraction of sp³-hybridized carbons (Fsp3) is 0.231. The van der Waals surface area contributed by atoms with Crippen LogP contribution < -0.4 is 5.32 Å². The van der Waals surface area contributed by atoms with Gasteiger partial charge in [-0.15, -0.1) is 0 Å². The van der Waals surface area contributed by atoms with Gasteiger partial charge >= 0.3 is 5.97 Å². The van der Waals surface area contributed by atoms with E-state index in [0.29, 0.717) is 16.5 Å². The molecule has 0 aliphatic rings. The topological polar surface area (TPSA) is 94.3 Å². The molecule has 0 bridgehead atoms. The van der Waals surface area contributed by atoms with E-state index < -0.39 is 18.0 Å². The first-order chi connectivity index (χ1) is 9.95. The van der Waals surface area contributed by atoms with E-state index in [4.69, 9.17) is 20.9 Å². The van der Waals surface area contributed by atoms with Crippen LogP contribution in [0.2, 0.25) is 5.02 Å². The Morgan fingerprint density at radius 2 is 2.19 bits per heavy atom. The average molecular weight is 310 g/mol. The molecule has 0 fully saturated rings. The molecule has 0 aliphatic carbocycles. The normalized spacial score (nSPS) is 11.8. The molecule has 0 saturated carbocycles. The van der Waals surface area contributed by atoms with Crippen LogP contribution >= 0.6 is 11.6 Å². The molecule has 0 spiro atoms. The highest BCUT2D eigenvalue weighted by Crippen LogP contribution is 2.11. The van der Waals surface area contributed by atoms with Gasteiger partial charge in [-0.25, -0.2) is 9.78 Å². The monoisotopic (exact) mass is 309 g/mol. The second kappa shape index (κ2) is 6.36. The van der Waals surface area contributed by atoms with E-state index in [1.54, 1.807) is 13.0 Å². The number of carbonyl (C=O) groups excluding carboxylic acids is 2. The Labute approximate surface area is 125 Å². The Kier molecular flexibility index (Phi) is 4.54. The molecular weight excluding hydrogens is 298 g/mol. The number of aromatic nitrogens is 2. The number of halogens is 1. The number of ether oxygens (including phenoxy) is 1. The number of pyridine rings is 1. The highest BCUT2D eigenvalue weighted by atomic mass is 35.5. The van der Waals surface area contributed by atoms with E-state index in [-0.39, 0.29) is 5.76 Å². The number of carbonyl (C=O) groups is 2. The molecule has 1 atom stereocenters. The summed E-state index contributed by atoms with van der Waals surface area (Å²) in [7, 11) is 0. The summed E-state index contributed by atoms with van der Waals surface area (Å²) in [6.45, 7) is 3.11. The van der Waals surface area contributed by atoms with Gasteiger partial charge in [-0.05, 0) is 26.0 Å². The maximum Gasteiger partial charge on any atom is 0.377 e. The van der Waals surface area contributed by atoms with E-state index >= 15 is 0 Å². The summed E-state index contributed by atoms with van der Waals surface area (Å²) in [5.41, 5.74) is 0.546. The summed E-state index contributed by atoms with van der Waals surface area (Å²) in [6, 6.07) is 4.54. The highest BCUT2D eigenvalue weighted by molar-refractivity contribution is 6.30. The minimum absolute atomic E-state index is 0.0585. The number of hydrogen-bond donors (Lipinski definition) is 1. The van der Waals surface area contributed by atoms with Crippen molar-refractivity contribution >= 4 is 29.3 Å². The minimum atomic E-state index is -1.01. The summed E-state index contributed by atoms with van der Waals surface area (Å²) < 4.78 is 9.72. The molecule has 2 rings (SSSR count). The largest absolute Gasteiger partial charge is 0.447 e. The number of amides is 1. The van der Waals surface area contributed by atoms with Crippen LogP contribution in [0.5, 0.6) is 0 Å². The van der Waals surface area contributed by atoms with Crippen LogP contribution in [-0.2, 0) is 9.53 Å². The van der Waals surface area contributed by atoms with Crippen LogP contribution in [0.3, 0.4) is 0 Å². The summed E-state index contributed by atoms with van der Waals surface area (Å²) >= 11 is 5.69. The Bertz CT molecular complexity index is 654. The molecule has 2 aromatic rings. The first kappa shape index (κ1) is 15.0. The fourth-order valence-electron chi connectivity index (χ4n) is 1.41. The smallest absolute Gasteiger partial charge is 0.377 e. The van der Waals surface area contributed by atoms with Crippen LogP contribution in [0.4, 0.5) is 5.82 Å². The van der Waals surface area contributed by atoms with E-state index in [1.807, 2.05) is 0 Å². The number of anilines is 1. The predicted molar refractivity (Wildman–Crippen MR) is 74.0 cm³/mol. The third-order valence-electron chi connectivity index (χ3n) is 2.46. The van der Waals surface area contributed by atoms with Crippen LogP contribution in [0.15, 0.2) is 28.9 Å². The lowest BCUT2D eigenvalue weighted by atomic mass is 10.3. The SMILES string of the molecule is Cc1cc(C(=O)O[C@@H](C)C(=O)Nc2ccc(Cl)cn2)on1. The third-order valence-corrected chi connectivity index (χ3v) is 2.68. The van der Waals surface area contributed by atoms with Crippen LogP contribution in [-0.4, -0.2) is 28.1 Å². The molecule has 2 heterocycles. The summed E-state index contributed by atoms with van der Waals surface area (Å²) in [5, 5.41) is 6.52. The van der Waals surface area contributed by atoms with Crippen molar-refractivity contribution < 1.29 is 18.8 Å². The molecule has 110 valence electrons. The van der Waals surface area contributed by atoms with Gasteiger partial charge in [-0.3, -0.25) is 4.79 Å². The molecule has 1 amide bonds. The van der Waals surface area contributed by atoms with E-state index in [1.165, 1.54) is 25.3 Å². The lowest BCUT2D eigenvalue weighted by Gasteiger charge is -2.11. The number of esters is 1. The highest BCUT2D eigenvalue weighted by Gasteiger charge is 2.21. The molecule has 0 unspecified atom stereocenters. The van der Waals surface area contributed by atoms with E-state index in [9.17, 15) is 9.59 Å². The first-order valence-electron chi connectivity index (χ1n) is 6.02. The van der Waals surface area contributed by atoms with Gasteiger partial charge in [0.2, 0.25) is 5.76 Å². The summed E-state index contributed by atoms with van der Waals surface area (Å²) in [4.78, 5) is 27.5. The molecule has 2 aromatic heterocycles. The molecule has 7 nitrogen and oxygen atoms in total. The maximum absolute atomic E-state index is 11.9. The number of hydrogen-bond acceptors (Lipinski definition) is 6. The van der Waals surface area contributed by atoms with E-state index in [2.05, 4.69) is 15.5 Å². The Morgan fingerprint density at radius 3 is 2.76 bits per heavy atom. The van der Waals surface area contributed by atoms with Gasteiger partial charge in [-0.1, -0.05) is 16.8 Å². The molecule has 0 aromatic carbocycles. The van der Waals surface area contributed by atoms with Crippen molar-refractivity contribution in [3.63, 3.8) is 0 Å². The number of nitrogens with zero attached hydrogens (tertiary/aromatic N) is 2. The predicted octanol–water partition coefficient (Wildman–Crippen LogP) is 2.22. The quantitative estimate of drug-likeness (QED) is 0.870. The van der Waals surface area contributed by atoms with Gasteiger partial charge in [0.05, 0.1) is 10.7 Å². The van der Waals surface area contributed by atoms with Crippen molar-refractivity contribution in [2.24, 2.45) is 0 Å². The third kappa shape index (κ3) is 4.03. The lowest BCUT2D eigenvalue weighted by molar-refractivity contribution is -0.123. The Balaban J connectivity index is 1.93. The zero-order valence-corrected chi connectivity index (χ0v) is 12.0. The second-order valence-electron chi connectivity index (χ2n) is 4.23. The molecule has 0 radical (unpaired) electrons. The van der Waals surface area contributed by atoms with Crippen molar-refractivity contribution in [3.05, 3.63) is 40.9 Å². The minimum Gasteiger partial charge on any atom is -0.447 e. The molecular formula is C13H12ClN3O4. The molecule has 21 heavy (non-hydrogen) atoms. The zero-order chi connectivity index (χ0) is 15.4. The summed E-state index contributed by atoms with van der Waals surface area (Å²) in [5.74, 6) is -1.03. The molecule has 0 saturated heterocycles. The lowest BCUT2D eigenvalue weighted by Crippen LogP contribution is -2.30. The van der Waals surface area contributed by atoms with Crippen molar-refractivity contribution in [1.82, 2.24) is 10.1 Å². The molecule has 8 heteroatoms. The molecule has 1 N–H and O–H groups in total. The van der Waals surface area contributed by atoms with Gasteiger partial charge in [0, 0.05) is 12.3 Å². The van der Waals surface area contributed by atoms with Crippen LogP contribution in [0.25, 0.3) is 0 Å². The van der Waals surface area contributed by atoms with Crippen molar-refractivity contribution in [2.45, 2.75) is 20.0 Å². The van der Waals surface area contributed by atoms with Gasteiger partial charge < -0.3 is 14.6 Å². The number of rotatable bonds is 4. The first-order valence-corrected chi connectivity index (χ1v) is 6.40. The summed E-state index contributed by atoms with van der Waals surface area (Å²) in [6.07, 6.45) is 0.380. The van der Waals surface area contributed by atoms with Crippen molar-refractivity contribution in [1.29, 1.82) is 0 Å². The van der Waals surface area contributed by atoms with Crippen LogP contribution in [0, 0.1) is 6.92 Å². The van der Waals surface area contributed by atoms with Gasteiger partial charge in [0.1, 0.15) is 5.82 Å².